The molecule has 168 valence electrons. The number of halogens is 2. The van der Waals surface area contributed by atoms with Crippen LogP contribution in [0.4, 0.5) is 4.39 Å². The number of guanidine groups is 1. The predicted octanol–water partition coefficient (Wildman–Crippen LogP) is 4.11. The highest BCUT2D eigenvalue weighted by Gasteiger charge is 2.45. The number of nitrogens with zero attached hydrogens (tertiary/aromatic N) is 1. The van der Waals surface area contributed by atoms with E-state index in [1.165, 1.54) is 6.07 Å². The van der Waals surface area contributed by atoms with Gasteiger partial charge >= 0.3 is 0 Å². The van der Waals surface area contributed by atoms with Gasteiger partial charge in [0.1, 0.15) is 5.82 Å². The maximum atomic E-state index is 14.3. The van der Waals surface area contributed by atoms with E-state index in [0.717, 1.165) is 56.6 Å². The van der Waals surface area contributed by atoms with E-state index < -0.39 is 0 Å². The highest BCUT2D eigenvalue weighted by atomic mass is 127. The molecule has 2 fully saturated rings. The second kappa shape index (κ2) is 11.3. The fourth-order valence-corrected chi connectivity index (χ4v) is 4.26. The first kappa shape index (κ1) is 24.9. The van der Waals surface area contributed by atoms with Crippen LogP contribution in [0.1, 0.15) is 64.9 Å². The number of carbonyl (C=O) groups excluding carboxylic acids is 1. The summed E-state index contributed by atoms with van der Waals surface area (Å²) in [5, 5.41) is 9.88. The molecule has 3 rings (SSSR count). The molecule has 30 heavy (non-hydrogen) atoms. The average molecular weight is 530 g/mol. The zero-order chi connectivity index (χ0) is 20.9. The van der Waals surface area contributed by atoms with Crippen molar-refractivity contribution in [2.45, 2.75) is 76.8 Å². The number of rotatable bonds is 7. The summed E-state index contributed by atoms with van der Waals surface area (Å²) >= 11 is 0. The Morgan fingerprint density at radius 2 is 2.00 bits per heavy atom. The van der Waals surface area contributed by atoms with Crippen molar-refractivity contribution in [3.05, 3.63) is 35.6 Å². The Bertz CT molecular complexity index is 736. The molecule has 0 aromatic heterocycles. The molecule has 3 N–H and O–H groups in total. The average Bonchev–Trinajstić information content (AvgIpc) is 3.47. The van der Waals surface area contributed by atoms with Crippen LogP contribution in [-0.4, -0.2) is 37.0 Å². The number of carbonyl (C=O) groups is 1. The summed E-state index contributed by atoms with van der Waals surface area (Å²) in [5.74, 6) is 0.846. The smallest absolute Gasteiger partial charge is 0.223 e. The molecule has 7 heteroatoms. The molecule has 2 atom stereocenters. The van der Waals surface area contributed by atoms with Crippen LogP contribution >= 0.6 is 24.0 Å². The Kier molecular flexibility index (Phi) is 9.37. The third kappa shape index (κ3) is 6.56. The van der Waals surface area contributed by atoms with Crippen molar-refractivity contribution in [2.24, 2.45) is 10.9 Å². The monoisotopic (exact) mass is 530 g/mol. The van der Waals surface area contributed by atoms with Crippen LogP contribution in [0.3, 0.4) is 0 Å². The van der Waals surface area contributed by atoms with E-state index in [4.69, 9.17) is 4.99 Å². The molecule has 0 aliphatic heterocycles. The minimum atomic E-state index is -0.167. The molecule has 2 aliphatic rings. The maximum Gasteiger partial charge on any atom is 0.223 e. The Labute approximate surface area is 197 Å². The zero-order valence-electron chi connectivity index (χ0n) is 18.3. The van der Waals surface area contributed by atoms with Gasteiger partial charge in [0, 0.05) is 30.0 Å². The molecule has 0 bridgehead atoms. The van der Waals surface area contributed by atoms with Crippen LogP contribution < -0.4 is 16.0 Å². The standard InChI is InChI=1S/C23H35FN4O.HI/c1-4-25-22(26-15-23(12-13-23)19-10-5-6-11-20(19)24)28-18-9-7-8-17(14-18)21(29)27-16(2)3;/h5-6,10-11,16-18H,4,7-9,12-15H2,1-3H3,(H,27,29)(H2,25,26,28);1H. The first-order valence-corrected chi connectivity index (χ1v) is 11.0. The molecule has 2 unspecified atom stereocenters. The summed E-state index contributed by atoms with van der Waals surface area (Å²) in [6.07, 6.45) is 5.78. The topological polar surface area (TPSA) is 65.5 Å². The van der Waals surface area contributed by atoms with Gasteiger partial charge in [0.2, 0.25) is 5.91 Å². The Morgan fingerprint density at radius 1 is 1.27 bits per heavy atom. The Hall–Kier alpha value is -1.38. The molecule has 0 radical (unpaired) electrons. The summed E-state index contributed by atoms with van der Waals surface area (Å²) in [5.41, 5.74) is 0.614. The number of aliphatic imine (C=N–C) groups is 1. The first-order chi connectivity index (χ1) is 13.9. The molecule has 5 nitrogen and oxygen atoms in total. The molecule has 0 heterocycles. The van der Waals surface area contributed by atoms with Crippen LogP contribution in [0, 0.1) is 11.7 Å². The fourth-order valence-electron chi connectivity index (χ4n) is 4.26. The summed E-state index contributed by atoms with van der Waals surface area (Å²) in [6.45, 7) is 7.38. The number of hydrogen-bond donors (Lipinski definition) is 3. The van der Waals surface area contributed by atoms with Crippen molar-refractivity contribution in [2.75, 3.05) is 13.1 Å². The van der Waals surface area contributed by atoms with Crippen molar-refractivity contribution in [3.63, 3.8) is 0 Å². The lowest BCUT2D eigenvalue weighted by Gasteiger charge is -2.30. The van der Waals surface area contributed by atoms with Gasteiger partial charge in [-0.25, -0.2) is 4.39 Å². The molecule has 2 aliphatic carbocycles. The number of hydrogen-bond acceptors (Lipinski definition) is 2. The van der Waals surface area contributed by atoms with Crippen LogP contribution in [0.2, 0.25) is 0 Å². The van der Waals surface area contributed by atoms with Gasteiger partial charge in [-0.1, -0.05) is 24.6 Å². The Balaban J connectivity index is 0.00000320. The van der Waals surface area contributed by atoms with E-state index in [-0.39, 0.29) is 59.1 Å². The summed E-state index contributed by atoms with van der Waals surface area (Å²) < 4.78 is 14.3. The number of amides is 1. The molecule has 2 saturated carbocycles. The summed E-state index contributed by atoms with van der Waals surface area (Å²) in [7, 11) is 0. The van der Waals surface area contributed by atoms with Gasteiger partial charge in [-0.2, -0.15) is 0 Å². The number of nitrogens with one attached hydrogen (secondary N) is 3. The minimum Gasteiger partial charge on any atom is -0.357 e. The normalized spacial score (nSPS) is 22.8. The Morgan fingerprint density at radius 3 is 2.63 bits per heavy atom. The van der Waals surface area contributed by atoms with Crippen LogP contribution in [0.5, 0.6) is 0 Å². The van der Waals surface area contributed by atoms with Gasteiger partial charge in [-0.15, -0.1) is 24.0 Å². The molecule has 1 aromatic rings. The third-order valence-corrected chi connectivity index (χ3v) is 6.00. The number of benzene rings is 1. The van der Waals surface area contributed by atoms with E-state index in [1.807, 2.05) is 32.9 Å². The van der Waals surface area contributed by atoms with Gasteiger partial charge in [0.15, 0.2) is 5.96 Å². The lowest BCUT2D eigenvalue weighted by molar-refractivity contribution is -0.126. The quantitative estimate of drug-likeness (QED) is 0.283. The van der Waals surface area contributed by atoms with E-state index >= 15 is 0 Å². The highest BCUT2D eigenvalue weighted by molar-refractivity contribution is 14.0. The molecule has 0 saturated heterocycles. The lowest BCUT2D eigenvalue weighted by atomic mass is 9.85. The SMILES string of the molecule is CCNC(=NCC1(c2ccccc2F)CC1)NC1CCCC(C(=O)NC(C)C)C1.I. The van der Waals surface area contributed by atoms with Crippen molar-refractivity contribution in [3.8, 4) is 0 Å². The van der Waals surface area contributed by atoms with Gasteiger partial charge in [-0.3, -0.25) is 9.79 Å². The van der Waals surface area contributed by atoms with E-state index in [2.05, 4.69) is 16.0 Å². The molecular formula is C23H36FIN4O. The van der Waals surface area contributed by atoms with E-state index in [0.29, 0.717) is 6.54 Å². The second-order valence-electron chi connectivity index (χ2n) is 8.82. The van der Waals surface area contributed by atoms with E-state index in [9.17, 15) is 9.18 Å². The largest absolute Gasteiger partial charge is 0.357 e. The van der Waals surface area contributed by atoms with Gasteiger partial charge in [-0.05, 0) is 64.5 Å². The molecule has 1 aromatic carbocycles. The van der Waals surface area contributed by atoms with Gasteiger partial charge in [0.25, 0.3) is 0 Å². The van der Waals surface area contributed by atoms with Crippen molar-refractivity contribution in [1.29, 1.82) is 0 Å². The second-order valence-corrected chi connectivity index (χ2v) is 8.82. The third-order valence-electron chi connectivity index (χ3n) is 6.00. The summed E-state index contributed by atoms with van der Waals surface area (Å²) in [6, 6.07) is 7.45. The maximum absolute atomic E-state index is 14.3. The fraction of sp³-hybridized carbons (Fsp3) is 0.652. The zero-order valence-corrected chi connectivity index (χ0v) is 20.7. The molecular weight excluding hydrogens is 494 g/mol. The van der Waals surface area contributed by atoms with Crippen molar-refractivity contribution >= 4 is 35.8 Å². The molecule has 1 amide bonds. The summed E-state index contributed by atoms with van der Waals surface area (Å²) in [4.78, 5) is 17.2. The first-order valence-electron chi connectivity index (χ1n) is 11.0. The highest BCUT2D eigenvalue weighted by Crippen LogP contribution is 2.49. The van der Waals surface area contributed by atoms with Gasteiger partial charge < -0.3 is 16.0 Å². The predicted molar refractivity (Wildman–Crippen MR) is 131 cm³/mol. The van der Waals surface area contributed by atoms with E-state index in [1.54, 1.807) is 6.07 Å². The lowest BCUT2D eigenvalue weighted by Crippen LogP contribution is -2.47. The van der Waals surface area contributed by atoms with Crippen molar-refractivity contribution < 1.29 is 9.18 Å². The van der Waals surface area contributed by atoms with Crippen molar-refractivity contribution in [1.82, 2.24) is 16.0 Å². The van der Waals surface area contributed by atoms with Crippen LogP contribution in [0.15, 0.2) is 29.3 Å². The van der Waals surface area contributed by atoms with Gasteiger partial charge in [0.05, 0.1) is 6.54 Å². The minimum absolute atomic E-state index is 0. The molecule has 0 spiro atoms. The van der Waals surface area contributed by atoms with Crippen LogP contribution in [-0.2, 0) is 10.2 Å². The van der Waals surface area contributed by atoms with Crippen LogP contribution in [0.25, 0.3) is 0 Å².